The summed E-state index contributed by atoms with van der Waals surface area (Å²) in [5.41, 5.74) is 1.03. The van der Waals surface area contributed by atoms with Gasteiger partial charge < -0.3 is 10.1 Å². The first-order chi connectivity index (χ1) is 12.9. The summed E-state index contributed by atoms with van der Waals surface area (Å²) in [6.07, 6.45) is 0.378. The molecule has 0 spiro atoms. The summed E-state index contributed by atoms with van der Waals surface area (Å²) in [5.74, 6) is -0.870. The summed E-state index contributed by atoms with van der Waals surface area (Å²) < 4.78 is 5.12. The molecule has 27 heavy (non-hydrogen) atoms. The van der Waals surface area contributed by atoms with Crippen molar-refractivity contribution in [3.05, 3.63) is 59.1 Å². The Morgan fingerprint density at radius 3 is 2.30 bits per heavy atom. The molecule has 0 unspecified atom stereocenters. The molecule has 0 aromatic heterocycles. The molecule has 2 aromatic carbocycles. The van der Waals surface area contributed by atoms with E-state index >= 15 is 0 Å². The van der Waals surface area contributed by atoms with Crippen LogP contribution in [0.2, 0.25) is 5.02 Å². The lowest BCUT2D eigenvalue weighted by atomic mass is 10.1. The van der Waals surface area contributed by atoms with Crippen molar-refractivity contribution in [3.63, 3.8) is 0 Å². The molecule has 1 N–H and O–H groups in total. The van der Waals surface area contributed by atoms with Crippen LogP contribution in [0, 0.1) is 0 Å². The number of rotatable bonds is 8. The maximum Gasteiger partial charge on any atom is 0.319 e. The first kappa shape index (κ1) is 21.0. The van der Waals surface area contributed by atoms with Gasteiger partial charge in [-0.15, -0.1) is 11.8 Å². The van der Waals surface area contributed by atoms with Crippen molar-refractivity contribution in [2.45, 2.75) is 30.4 Å². The highest BCUT2D eigenvalue weighted by atomic mass is 35.5. The minimum absolute atomic E-state index is 0.102. The van der Waals surface area contributed by atoms with Crippen LogP contribution in [-0.2, 0) is 14.3 Å². The number of ether oxygens (including phenoxy) is 1. The molecular weight excluding hydrogens is 386 g/mol. The summed E-state index contributed by atoms with van der Waals surface area (Å²) in [7, 11) is 0. The van der Waals surface area contributed by atoms with Crippen molar-refractivity contribution in [1.29, 1.82) is 0 Å². The molecule has 0 aliphatic rings. The molecule has 0 aliphatic carbocycles. The molecule has 0 aliphatic heterocycles. The normalized spacial score (nSPS) is 11.5. The van der Waals surface area contributed by atoms with Gasteiger partial charge in [0.2, 0.25) is 5.91 Å². The first-order valence-corrected chi connectivity index (χ1v) is 9.66. The van der Waals surface area contributed by atoms with Gasteiger partial charge in [-0.1, -0.05) is 18.5 Å². The Labute approximate surface area is 167 Å². The van der Waals surface area contributed by atoms with Crippen molar-refractivity contribution >= 4 is 46.7 Å². The van der Waals surface area contributed by atoms with E-state index in [9.17, 15) is 14.4 Å². The smallest absolute Gasteiger partial charge is 0.319 e. The Bertz CT molecular complexity index is 806. The second-order valence-electron chi connectivity index (χ2n) is 5.72. The fourth-order valence-corrected chi connectivity index (χ4v) is 3.08. The number of benzene rings is 2. The summed E-state index contributed by atoms with van der Waals surface area (Å²) in [6.45, 7) is 3.15. The van der Waals surface area contributed by atoms with E-state index < -0.39 is 11.2 Å². The quantitative estimate of drug-likeness (QED) is 0.395. The van der Waals surface area contributed by atoms with Crippen LogP contribution in [0.1, 0.15) is 30.6 Å². The zero-order valence-electron chi connectivity index (χ0n) is 15.0. The lowest BCUT2D eigenvalue weighted by molar-refractivity contribution is -0.141. The number of thioether (sulfide) groups is 1. The molecule has 0 fully saturated rings. The number of hydrogen-bond donors (Lipinski definition) is 1. The zero-order chi connectivity index (χ0) is 19.8. The number of nitrogens with one attached hydrogen (secondary N) is 1. The van der Waals surface area contributed by atoms with Crippen molar-refractivity contribution < 1.29 is 19.1 Å². The topological polar surface area (TPSA) is 72.5 Å². The largest absolute Gasteiger partial charge is 0.456 e. The predicted molar refractivity (Wildman–Crippen MR) is 107 cm³/mol. The van der Waals surface area contributed by atoms with Gasteiger partial charge in [0.15, 0.2) is 12.4 Å². The van der Waals surface area contributed by atoms with Crippen LogP contribution in [0.15, 0.2) is 53.4 Å². The molecule has 2 aromatic rings. The average molecular weight is 406 g/mol. The predicted octanol–water partition coefficient (Wildman–Crippen LogP) is 4.60. The number of amides is 1. The molecule has 0 heterocycles. The van der Waals surface area contributed by atoms with Gasteiger partial charge in [0.05, 0.1) is 0 Å². The number of carbonyl (C=O) groups excluding carboxylic acids is 3. The molecule has 0 saturated carbocycles. The van der Waals surface area contributed by atoms with Gasteiger partial charge in [-0.25, -0.2) is 0 Å². The molecule has 1 amide bonds. The minimum atomic E-state index is -0.463. The third kappa shape index (κ3) is 6.73. The monoisotopic (exact) mass is 405 g/mol. The molecule has 142 valence electrons. The van der Waals surface area contributed by atoms with Crippen LogP contribution in [-0.4, -0.2) is 29.5 Å². The van der Waals surface area contributed by atoms with Gasteiger partial charge in [-0.3, -0.25) is 14.4 Å². The van der Waals surface area contributed by atoms with Gasteiger partial charge in [-0.2, -0.15) is 0 Å². The van der Waals surface area contributed by atoms with Crippen LogP contribution in [0.5, 0.6) is 0 Å². The van der Waals surface area contributed by atoms with E-state index in [1.54, 1.807) is 50.2 Å². The second-order valence-corrected chi connectivity index (χ2v) is 7.57. The molecule has 7 heteroatoms. The summed E-state index contributed by atoms with van der Waals surface area (Å²) in [5, 5.41) is 2.88. The third-order valence-corrected chi connectivity index (χ3v) is 4.96. The Kier molecular flexibility index (Phi) is 7.88. The number of ketones is 1. The maximum absolute atomic E-state index is 12.2. The van der Waals surface area contributed by atoms with Gasteiger partial charge in [-0.05, 0) is 55.5 Å². The highest BCUT2D eigenvalue weighted by Crippen LogP contribution is 2.25. The number of hydrogen-bond acceptors (Lipinski definition) is 5. The Morgan fingerprint density at radius 1 is 1.07 bits per heavy atom. The number of esters is 1. The molecule has 0 saturated heterocycles. The van der Waals surface area contributed by atoms with Gasteiger partial charge >= 0.3 is 5.97 Å². The average Bonchev–Trinajstić information content (AvgIpc) is 2.68. The number of Topliss-reactive ketones (excluding diaryl/α,β-unsaturated/α-hetero) is 1. The van der Waals surface area contributed by atoms with Crippen LogP contribution < -0.4 is 5.32 Å². The van der Waals surface area contributed by atoms with Gasteiger partial charge in [0.1, 0.15) is 5.25 Å². The van der Waals surface area contributed by atoms with Crippen LogP contribution >= 0.6 is 23.4 Å². The molecule has 1 atom stereocenters. The fraction of sp³-hybridized carbons (Fsp3) is 0.250. The van der Waals surface area contributed by atoms with E-state index in [0.29, 0.717) is 22.7 Å². The summed E-state index contributed by atoms with van der Waals surface area (Å²) in [6, 6.07) is 13.6. The standard InChI is InChI=1S/C20H20ClNO4S/c1-3-19(24)22-16-8-4-14(5-9-16)18(23)12-26-20(25)13(2)27-17-10-6-15(21)7-11-17/h4-11,13H,3,12H2,1-2H3,(H,22,24)/t13-/m0/s1. The van der Waals surface area contributed by atoms with E-state index in [1.807, 2.05) is 12.1 Å². The van der Waals surface area contributed by atoms with E-state index in [4.69, 9.17) is 16.3 Å². The van der Waals surface area contributed by atoms with Crippen molar-refractivity contribution in [1.82, 2.24) is 0 Å². The van der Waals surface area contributed by atoms with Crippen LogP contribution in [0.3, 0.4) is 0 Å². The molecule has 0 bridgehead atoms. The van der Waals surface area contributed by atoms with E-state index in [-0.39, 0.29) is 18.3 Å². The highest BCUT2D eigenvalue weighted by Gasteiger charge is 2.18. The van der Waals surface area contributed by atoms with Crippen molar-refractivity contribution in [2.75, 3.05) is 11.9 Å². The number of halogens is 1. The Hall–Kier alpha value is -2.31. The zero-order valence-corrected chi connectivity index (χ0v) is 16.6. The maximum atomic E-state index is 12.2. The molecule has 5 nitrogen and oxygen atoms in total. The lowest BCUT2D eigenvalue weighted by Gasteiger charge is -2.11. The summed E-state index contributed by atoms with van der Waals surface area (Å²) in [4.78, 5) is 36.5. The van der Waals surface area contributed by atoms with Crippen LogP contribution in [0.4, 0.5) is 5.69 Å². The number of carbonyl (C=O) groups is 3. The molecular formula is C20H20ClNO4S. The first-order valence-electron chi connectivity index (χ1n) is 8.41. The number of anilines is 1. The van der Waals surface area contributed by atoms with E-state index in [2.05, 4.69) is 5.32 Å². The Morgan fingerprint density at radius 2 is 1.70 bits per heavy atom. The summed E-state index contributed by atoms with van der Waals surface area (Å²) >= 11 is 7.17. The molecule has 0 radical (unpaired) electrons. The van der Waals surface area contributed by atoms with Crippen LogP contribution in [0.25, 0.3) is 0 Å². The fourth-order valence-electron chi connectivity index (χ4n) is 2.09. The Balaban J connectivity index is 1.84. The van der Waals surface area contributed by atoms with Gasteiger partial charge in [0.25, 0.3) is 0 Å². The second kappa shape index (κ2) is 10.1. The van der Waals surface area contributed by atoms with E-state index in [1.165, 1.54) is 11.8 Å². The highest BCUT2D eigenvalue weighted by molar-refractivity contribution is 8.00. The SMILES string of the molecule is CCC(=O)Nc1ccc(C(=O)COC(=O)[C@H](C)Sc2ccc(Cl)cc2)cc1. The third-order valence-electron chi connectivity index (χ3n) is 3.62. The van der Waals surface area contributed by atoms with E-state index in [0.717, 1.165) is 4.90 Å². The van der Waals surface area contributed by atoms with Crippen molar-refractivity contribution in [3.8, 4) is 0 Å². The van der Waals surface area contributed by atoms with Gasteiger partial charge in [0, 0.05) is 27.6 Å². The van der Waals surface area contributed by atoms with Crippen molar-refractivity contribution in [2.24, 2.45) is 0 Å². The lowest BCUT2D eigenvalue weighted by Crippen LogP contribution is -2.21. The minimum Gasteiger partial charge on any atom is -0.456 e. The molecule has 2 rings (SSSR count).